The van der Waals surface area contributed by atoms with E-state index in [0.717, 1.165) is 13.1 Å². The molecular formula is C9H11NO. The van der Waals surface area contributed by atoms with Crippen molar-refractivity contribution in [2.24, 2.45) is 5.92 Å². The third-order valence-corrected chi connectivity index (χ3v) is 1.72. The average molecular weight is 149 g/mol. The molecule has 2 nitrogen and oxygen atoms in total. The van der Waals surface area contributed by atoms with Crippen LogP contribution >= 0.6 is 0 Å². The Hall–Kier alpha value is -1.23. The Kier molecular flexibility index (Phi) is 2.32. The van der Waals surface area contributed by atoms with Crippen molar-refractivity contribution in [1.82, 2.24) is 4.90 Å². The number of nitrogens with zero attached hydrogens (tertiary/aromatic N) is 1. The van der Waals surface area contributed by atoms with Crippen molar-refractivity contribution < 1.29 is 4.79 Å². The highest BCUT2D eigenvalue weighted by atomic mass is 16.2. The number of carbonyl (C=O) groups is 1. The molecule has 0 saturated carbocycles. The normalized spacial score (nSPS) is 16.3. The molecule has 0 aromatic carbocycles. The summed E-state index contributed by atoms with van der Waals surface area (Å²) < 4.78 is 0. The zero-order valence-electron chi connectivity index (χ0n) is 6.63. The number of likely N-dealkylation sites (tertiary alicyclic amines) is 1. The predicted molar refractivity (Wildman–Crippen MR) is 43.7 cm³/mol. The second kappa shape index (κ2) is 3.25. The topological polar surface area (TPSA) is 20.3 Å². The molecule has 0 bridgehead atoms. The van der Waals surface area contributed by atoms with Gasteiger partial charge in [-0.15, -0.1) is 5.92 Å². The number of hydrogen-bond acceptors (Lipinski definition) is 1. The molecule has 1 rings (SSSR count). The Morgan fingerprint density at radius 2 is 2.36 bits per heavy atom. The lowest BCUT2D eigenvalue weighted by Gasteiger charge is -2.35. The molecule has 1 aliphatic rings. The summed E-state index contributed by atoms with van der Waals surface area (Å²) in [7, 11) is 0. The summed E-state index contributed by atoms with van der Waals surface area (Å²) in [6.45, 7) is 6.76. The summed E-state index contributed by atoms with van der Waals surface area (Å²) in [5.74, 6) is 6.25. The van der Waals surface area contributed by atoms with Gasteiger partial charge in [0.1, 0.15) is 0 Å². The molecule has 0 radical (unpaired) electrons. The van der Waals surface area contributed by atoms with Crippen molar-refractivity contribution >= 4 is 5.91 Å². The fourth-order valence-electron chi connectivity index (χ4n) is 1.08. The number of hydrogen-bond donors (Lipinski definition) is 0. The molecule has 0 aliphatic carbocycles. The van der Waals surface area contributed by atoms with Crippen LogP contribution in [0.2, 0.25) is 0 Å². The molecule has 1 amide bonds. The van der Waals surface area contributed by atoms with Crippen molar-refractivity contribution in [2.75, 3.05) is 13.1 Å². The summed E-state index contributed by atoms with van der Waals surface area (Å²) >= 11 is 0. The monoisotopic (exact) mass is 149 g/mol. The molecule has 2 heteroatoms. The minimum atomic E-state index is 0.0131. The van der Waals surface area contributed by atoms with E-state index in [-0.39, 0.29) is 5.91 Å². The zero-order valence-corrected chi connectivity index (χ0v) is 6.63. The van der Waals surface area contributed by atoms with Crippen LogP contribution in [0.4, 0.5) is 0 Å². The molecule has 0 spiro atoms. The highest BCUT2D eigenvalue weighted by Crippen LogP contribution is 2.14. The number of amides is 1. The van der Waals surface area contributed by atoms with Gasteiger partial charge in [0.05, 0.1) is 5.92 Å². The van der Waals surface area contributed by atoms with Gasteiger partial charge in [0.15, 0.2) is 0 Å². The van der Waals surface area contributed by atoms with Crippen LogP contribution in [0.5, 0.6) is 0 Å². The molecule has 58 valence electrons. The van der Waals surface area contributed by atoms with Crippen LogP contribution in [0.1, 0.15) is 6.92 Å². The lowest BCUT2D eigenvalue weighted by molar-refractivity contribution is -0.130. The van der Waals surface area contributed by atoms with Gasteiger partial charge in [-0.05, 0) is 13.0 Å². The Labute approximate surface area is 66.9 Å². The molecule has 1 aliphatic heterocycles. The highest BCUT2D eigenvalue weighted by molar-refractivity contribution is 5.87. The molecule has 0 unspecified atom stereocenters. The SMILES string of the molecule is C=CC(=O)N1CC(C#CC)C1. The number of carbonyl (C=O) groups excluding carboxylic acids is 1. The average Bonchev–Trinajstić information content (AvgIpc) is 1.94. The summed E-state index contributed by atoms with van der Waals surface area (Å²) in [5.41, 5.74) is 0. The Bertz CT molecular complexity index is 228. The third kappa shape index (κ3) is 1.62. The molecule has 0 atom stereocenters. The molecule has 1 heterocycles. The standard InChI is InChI=1S/C9H11NO/c1-3-5-8-6-10(7-8)9(11)4-2/h4,8H,2,6-7H2,1H3. The second-order valence-corrected chi connectivity index (χ2v) is 2.54. The van der Waals surface area contributed by atoms with E-state index >= 15 is 0 Å². The number of rotatable bonds is 1. The van der Waals surface area contributed by atoms with Gasteiger partial charge in [-0.1, -0.05) is 12.5 Å². The van der Waals surface area contributed by atoms with Gasteiger partial charge in [0.25, 0.3) is 0 Å². The van der Waals surface area contributed by atoms with Gasteiger partial charge in [-0.3, -0.25) is 4.79 Å². The van der Waals surface area contributed by atoms with E-state index in [1.54, 1.807) is 4.90 Å². The molecule has 0 aromatic heterocycles. The highest BCUT2D eigenvalue weighted by Gasteiger charge is 2.27. The van der Waals surface area contributed by atoms with E-state index < -0.39 is 0 Å². The Morgan fingerprint density at radius 3 is 2.82 bits per heavy atom. The van der Waals surface area contributed by atoms with Gasteiger partial charge in [-0.25, -0.2) is 0 Å². The van der Waals surface area contributed by atoms with E-state index in [1.165, 1.54) is 6.08 Å². The van der Waals surface area contributed by atoms with Crippen LogP contribution in [0, 0.1) is 17.8 Å². The summed E-state index contributed by atoms with van der Waals surface area (Å²) in [4.78, 5) is 12.6. The van der Waals surface area contributed by atoms with Gasteiger partial charge in [0.2, 0.25) is 5.91 Å². The summed E-state index contributed by atoms with van der Waals surface area (Å²) in [6.07, 6.45) is 1.34. The van der Waals surface area contributed by atoms with Gasteiger partial charge >= 0.3 is 0 Å². The summed E-state index contributed by atoms with van der Waals surface area (Å²) in [6, 6.07) is 0. The van der Waals surface area contributed by atoms with Crippen molar-refractivity contribution in [2.45, 2.75) is 6.92 Å². The maximum atomic E-state index is 10.9. The van der Waals surface area contributed by atoms with Gasteiger partial charge < -0.3 is 4.90 Å². The van der Waals surface area contributed by atoms with Crippen molar-refractivity contribution in [3.05, 3.63) is 12.7 Å². The first kappa shape index (κ1) is 7.87. The van der Waals surface area contributed by atoms with Crippen molar-refractivity contribution in [3.63, 3.8) is 0 Å². The Balaban J connectivity index is 2.33. The predicted octanol–water partition coefficient (Wildman–Crippen LogP) is 0.654. The smallest absolute Gasteiger partial charge is 0.246 e. The van der Waals surface area contributed by atoms with E-state index in [9.17, 15) is 4.79 Å². The minimum Gasteiger partial charge on any atom is -0.337 e. The second-order valence-electron chi connectivity index (χ2n) is 2.54. The summed E-state index contributed by atoms with van der Waals surface area (Å²) in [5, 5.41) is 0. The lowest BCUT2D eigenvalue weighted by Crippen LogP contribution is -2.48. The van der Waals surface area contributed by atoms with Crippen LogP contribution in [0.3, 0.4) is 0 Å². The van der Waals surface area contributed by atoms with Crippen molar-refractivity contribution in [3.8, 4) is 11.8 Å². The molecule has 11 heavy (non-hydrogen) atoms. The Morgan fingerprint density at radius 1 is 1.73 bits per heavy atom. The maximum absolute atomic E-state index is 10.9. The van der Waals surface area contributed by atoms with Crippen LogP contribution in [-0.2, 0) is 4.79 Å². The first-order chi connectivity index (χ1) is 5.27. The quantitative estimate of drug-likeness (QED) is 0.396. The van der Waals surface area contributed by atoms with Crippen LogP contribution in [0.15, 0.2) is 12.7 Å². The van der Waals surface area contributed by atoms with Crippen LogP contribution in [0.25, 0.3) is 0 Å². The zero-order chi connectivity index (χ0) is 8.27. The van der Waals surface area contributed by atoms with Crippen LogP contribution in [-0.4, -0.2) is 23.9 Å². The first-order valence-electron chi connectivity index (χ1n) is 3.61. The molecule has 1 fully saturated rings. The lowest BCUT2D eigenvalue weighted by atomic mass is 10.0. The molecular weight excluding hydrogens is 138 g/mol. The van der Waals surface area contributed by atoms with Gasteiger partial charge in [0, 0.05) is 13.1 Å². The maximum Gasteiger partial charge on any atom is 0.246 e. The molecule has 1 saturated heterocycles. The van der Waals surface area contributed by atoms with E-state index in [0.29, 0.717) is 5.92 Å². The van der Waals surface area contributed by atoms with E-state index in [2.05, 4.69) is 18.4 Å². The fourth-order valence-corrected chi connectivity index (χ4v) is 1.08. The third-order valence-electron chi connectivity index (χ3n) is 1.72. The molecule has 0 N–H and O–H groups in total. The largest absolute Gasteiger partial charge is 0.337 e. The fraction of sp³-hybridized carbons (Fsp3) is 0.444. The van der Waals surface area contributed by atoms with E-state index in [4.69, 9.17) is 0 Å². The minimum absolute atomic E-state index is 0.0131. The van der Waals surface area contributed by atoms with Crippen molar-refractivity contribution in [1.29, 1.82) is 0 Å². The van der Waals surface area contributed by atoms with E-state index in [1.807, 2.05) is 6.92 Å². The van der Waals surface area contributed by atoms with Gasteiger partial charge in [-0.2, -0.15) is 0 Å². The first-order valence-corrected chi connectivity index (χ1v) is 3.61. The van der Waals surface area contributed by atoms with Crippen LogP contribution < -0.4 is 0 Å². The molecule has 0 aromatic rings.